The van der Waals surface area contributed by atoms with Gasteiger partial charge in [-0.2, -0.15) is 0 Å². The number of morpholine rings is 1. The highest BCUT2D eigenvalue weighted by Crippen LogP contribution is 2.14. The number of nitrogens with one attached hydrogen (secondary N) is 1. The van der Waals surface area contributed by atoms with Gasteiger partial charge in [0.1, 0.15) is 11.9 Å². The van der Waals surface area contributed by atoms with Crippen molar-refractivity contribution in [2.24, 2.45) is 0 Å². The number of halogens is 1. The molecule has 0 radical (unpaired) electrons. The molecule has 7 heteroatoms. The fourth-order valence-corrected chi connectivity index (χ4v) is 2.98. The molecule has 1 N–H and O–H groups in total. The standard InChI is InChI=1S/C17H22FN3O3/c1-12-2-3-13(10-14(12)18)16(22)20-5-7-21(8-6-20)17(23)15-11-24-9-4-19-15/h2-3,10,15,19H,4-9,11H2,1H3. The third-order valence-electron chi connectivity index (χ3n) is 4.52. The lowest BCUT2D eigenvalue weighted by molar-refractivity contribution is -0.137. The highest BCUT2D eigenvalue weighted by molar-refractivity contribution is 5.94. The van der Waals surface area contributed by atoms with Crippen molar-refractivity contribution in [2.75, 3.05) is 45.9 Å². The number of rotatable bonds is 2. The quantitative estimate of drug-likeness (QED) is 0.850. The van der Waals surface area contributed by atoms with Crippen LogP contribution < -0.4 is 5.32 Å². The third kappa shape index (κ3) is 3.57. The lowest BCUT2D eigenvalue weighted by atomic mass is 10.1. The maximum Gasteiger partial charge on any atom is 0.254 e. The van der Waals surface area contributed by atoms with Gasteiger partial charge in [-0.3, -0.25) is 9.59 Å². The van der Waals surface area contributed by atoms with Crippen molar-refractivity contribution in [3.63, 3.8) is 0 Å². The third-order valence-corrected chi connectivity index (χ3v) is 4.52. The van der Waals surface area contributed by atoms with E-state index in [1.165, 1.54) is 6.07 Å². The van der Waals surface area contributed by atoms with E-state index in [1.807, 2.05) is 0 Å². The van der Waals surface area contributed by atoms with E-state index in [9.17, 15) is 14.0 Å². The van der Waals surface area contributed by atoms with Crippen molar-refractivity contribution < 1.29 is 18.7 Å². The molecule has 6 nitrogen and oxygen atoms in total. The van der Waals surface area contributed by atoms with Crippen LogP contribution in [0.1, 0.15) is 15.9 Å². The Labute approximate surface area is 140 Å². The van der Waals surface area contributed by atoms with Gasteiger partial charge in [-0.05, 0) is 24.6 Å². The molecule has 0 spiro atoms. The van der Waals surface area contributed by atoms with E-state index < -0.39 is 0 Å². The first kappa shape index (κ1) is 16.9. The molecule has 1 atom stereocenters. The van der Waals surface area contributed by atoms with Crippen LogP contribution in [-0.4, -0.2) is 73.6 Å². The van der Waals surface area contributed by atoms with Crippen LogP contribution in [0.15, 0.2) is 18.2 Å². The molecule has 1 unspecified atom stereocenters. The SMILES string of the molecule is Cc1ccc(C(=O)N2CCN(C(=O)C3COCCN3)CC2)cc1F. The minimum absolute atomic E-state index is 0.0168. The molecule has 0 saturated carbocycles. The first-order valence-electron chi connectivity index (χ1n) is 8.21. The number of benzene rings is 1. The Hall–Kier alpha value is -1.99. The average Bonchev–Trinajstić information content (AvgIpc) is 2.63. The fraction of sp³-hybridized carbons (Fsp3) is 0.529. The number of carbonyl (C=O) groups excluding carboxylic acids is 2. The summed E-state index contributed by atoms with van der Waals surface area (Å²) in [6.45, 7) is 5.22. The van der Waals surface area contributed by atoms with Gasteiger partial charge in [0, 0.05) is 38.3 Å². The predicted octanol–water partition coefficient (Wildman–Crippen LogP) is 0.407. The van der Waals surface area contributed by atoms with Gasteiger partial charge in [-0.15, -0.1) is 0 Å². The molecular weight excluding hydrogens is 313 g/mol. The zero-order chi connectivity index (χ0) is 17.1. The smallest absolute Gasteiger partial charge is 0.254 e. The maximum absolute atomic E-state index is 13.6. The maximum atomic E-state index is 13.6. The first-order valence-corrected chi connectivity index (χ1v) is 8.21. The van der Waals surface area contributed by atoms with E-state index in [2.05, 4.69) is 5.32 Å². The van der Waals surface area contributed by atoms with Crippen LogP contribution in [0.25, 0.3) is 0 Å². The van der Waals surface area contributed by atoms with E-state index in [0.29, 0.717) is 57.1 Å². The van der Waals surface area contributed by atoms with E-state index in [-0.39, 0.29) is 23.7 Å². The van der Waals surface area contributed by atoms with Crippen molar-refractivity contribution in [3.05, 3.63) is 35.1 Å². The summed E-state index contributed by atoms with van der Waals surface area (Å²) in [6.07, 6.45) is 0. The molecule has 1 aromatic rings. The predicted molar refractivity (Wildman–Crippen MR) is 86.2 cm³/mol. The summed E-state index contributed by atoms with van der Waals surface area (Å²) in [6, 6.07) is 4.23. The molecule has 1 aromatic carbocycles. The van der Waals surface area contributed by atoms with Gasteiger partial charge in [0.25, 0.3) is 5.91 Å². The Kier molecular flexibility index (Phi) is 5.11. The summed E-state index contributed by atoms with van der Waals surface area (Å²) >= 11 is 0. The molecule has 2 heterocycles. The number of hydrogen-bond donors (Lipinski definition) is 1. The normalized spacial score (nSPS) is 21.7. The number of nitrogens with zero attached hydrogens (tertiary/aromatic N) is 2. The van der Waals surface area contributed by atoms with E-state index >= 15 is 0 Å². The molecule has 2 saturated heterocycles. The van der Waals surface area contributed by atoms with Crippen molar-refractivity contribution in [1.29, 1.82) is 0 Å². The van der Waals surface area contributed by atoms with Gasteiger partial charge < -0.3 is 19.9 Å². The minimum atomic E-state index is -0.377. The van der Waals surface area contributed by atoms with Gasteiger partial charge in [0.05, 0.1) is 13.2 Å². The van der Waals surface area contributed by atoms with Crippen LogP contribution in [0.2, 0.25) is 0 Å². The summed E-state index contributed by atoms with van der Waals surface area (Å²) in [4.78, 5) is 28.3. The summed E-state index contributed by atoms with van der Waals surface area (Å²) in [5.41, 5.74) is 0.865. The molecule has 0 bridgehead atoms. The molecular formula is C17H22FN3O3. The monoisotopic (exact) mass is 335 g/mol. The number of hydrogen-bond acceptors (Lipinski definition) is 4. The van der Waals surface area contributed by atoms with Gasteiger partial charge in [-0.1, -0.05) is 6.07 Å². The minimum Gasteiger partial charge on any atom is -0.378 e. The fourth-order valence-electron chi connectivity index (χ4n) is 2.98. The van der Waals surface area contributed by atoms with Crippen LogP contribution in [0, 0.1) is 12.7 Å². The summed E-state index contributed by atoms with van der Waals surface area (Å²) < 4.78 is 19.0. The number of amides is 2. The lowest BCUT2D eigenvalue weighted by Crippen LogP contribution is -2.57. The van der Waals surface area contributed by atoms with Gasteiger partial charge in [0.15, 0.2) is 0 Å². The Morgan fingerprint density at radius 2 is 1.92 bits per heavy atom. The molecule has 2 amide bonds. The van der Waals surface area contributed by atoms with Crippen LogP contribution in [0.5, 0.6) is 0 Å². The Morgan fingerprint density at radius 1 is 1.21 bits per heavy atom. The summed E-state index contributed by atoms with van der Waals surface area (Å²) in [5.74, 6) is -0.554. The molecule has 2 aliphatic rings. The molecule has 2 fully saturated rings. The summed E-state index contributed by atoms with van der Waals surface area (Å²) in [5, 5.41) is 3.15. The Bertz CT molecular complexity index is 624. The average molecular weight is 335 g/mol. The zero-order valence-corrected chi connectivity index (χ0v) is 13.8. The number of aryl methyl sites for hydroxylation is 1. The van der Waals surface area contributed by atoms with Crippen molar-refractivity contribution in [1.82, 2.24) is 15.1 Å². The van der Waals surface area contributed by atoms with E-state index in [4.69, 9.17) is 4.74 Å². The van der Waals surface area contributed by atoms with Crippen molar-refractivity contribution >= 4 is 11.8 Å². The second-order valence-corrected chi connectivity index (χ2v) is 6.16. The largest absolute Gasteiger partial charge is 0.378 e. The van der Waals surface area contributed by atoms with Gasteiger partial charge in [0.2, 0.25) is 5.91 Å². The molecule has 3 rings (SSSR count). The number of piperazine rings is 1. The van der Waals surface area contributed by atoms with E-state index in [0.717, 1.165) is 0 Å². The topological polar surface area (TPSA) is 61.9 Å². The number of ether oxygens (including phenoxy) is 1. The van der Waals surface area contributed by atoms with Crippen LogP contribution in [0.4, 0.5) is 4.39 Å². The van der Waals surface area contributed by atoms with E-state index in [1.54, 1.807) is 28.9 Å². The van der Waals surface area contributed by atoms with Crippen molar-refractivity contribution in [3.8, 4) is 0 Å². The highest BCUT2D eigenvalue weighted by atomic mass is 19.1. The van der Waals surface area contributed by atoms with Gasteiger partial charge >= 0.3 is 0 Å². The second-order valence-electron chi connectivity index (χ2n) is 6.16. The summed E-state index contributed by atoms with van der Waals surface area (Å²) in [7, 11) is 0. The van der Waals surface area contributed by atoms with Crippen LogP contribution >= 0.6 is 0 Å². The highest BCUT2D eigenvalue weighted by Gasteiger charge is 2.30. The Morgan fingerprint density at radius 3 is 2.54 bits per heavy atom. The molecule has 2 aliphatic heterocycles. The molecule has 0 aliphatic carbocycles. The van der Waals surface area contributed by atoms with Crippen LogP contribution in [-0.2, 0) is 9.53 Å². The van der Waals surface area contributed by atoms with Crippen molar-refractivity contribution in [2.45, 2.75) is 13.0 Å². The van der Waals surface area contributed by atoms with Crippen LogP contribution in [0.3, 0.4) is 0 Å². The molecule has 0 aromatic heterocycles. The molecule has 24 heavy (non-hydrogen) atoms. The number of carbonyl (C=O) groups is 2. The van der Waals surface area contributed by atoms with Gasteiger partial charge in [-0.25, -0.2) is 4.39 Å². The second kappa shape index (κ2) is 7.27. The first-order chi connectivity index (χ1) is 11.6. The molecule has 130 valence electrons. The Balaban J connectivity index is 1.57. The lowest BCUT2D eigenvalue weighted by Gasteiger charge is -2.37. The zero-order valence-electron chi connectivity index (χ0n) is 13.8.